The summed E-state index contributed by atoms with van der Waals surface area (Å²) in [4.78, 5) is 2.42. The third-order valence-electron chi connectivity index (χ3n) is 11.2. The van der Waals surface area contributed by atoms with Gasteiger partial charge in [-0.05, 0) is 64.7 Å². The normalized spacial score (nSPS) is 11.5. The Bertz CT molecular complexity index is 3230. The molecular formula is C54H36N2O. The molecule has 11 rings (SSSR count). The number of hydrogen-bond donors (Lipinski definition) is 0. The molecule has 11 aromatic rings. The summed E-state index contributed by atoms with van der Waals surface area (Å²) < 4.78 is 9.26. The summed E-state index contributed by atoms with van der Waals surface area (Å²) in [7, 11) is 0. The lowest BCUT2D eigenvalue weighted by Gasteiger charge is -2.28. The van der Waals surface area contributed by atoms with Gasteiger partial charge in [-0.3, -0.25) is 0 Å². The molecule has 3 nitrogen and oxygen atoms in total. The summed E-state index contributed by atoms with van der Waals surface area (Å²) in [5.74, 6) is 0. The molecular weight excluding hydrogens is 693 g/mol. The van der Waals surface area contributed by atoms with Crippen molar-refractivity contribution in [2.45, 2.75) is 0 Å². The van der Waals surface area contributed by atoms with Gasteiger partial charge >= 0.3 is 0 Å². The lowest BCUT2D eigenvalue weighted by molar-refractivity contribution is 0.669. The molecule has 9 aromatic carbocycles. The molecule has 0 amide bonds. The fourth-order valence-corrected chi connectivity index (χ4v) is 8.66. The fraction of sp³-hybridized carbons (Fsp3) is 0. The summed E-state index contributed by atoms with van der Waals surface area (Å²) in [5, 5.41) is 4.52. The Labute approximate surface area is 330 Å². The second-order valence-corrected chi connectivity index (χ2v) is 14.5. The number of furan rings is 1. The van der Waals surface area contributed by atoms with E-state index in [1.54, 1.807) is 0 Å². The lowest BCUT2D eigenvalue weighted by Crippen LogP contribution is -2.12. The third kappa shape index (κ3) is 5.43. The molecule has 0 spiro atoms. The maximum atomic E-state index is 6.80. The topological polar surface area (TPSA) is 21.3 Å². The second kappa shape index (κ2) is 13.6. The lowest BCUT2D eigenvalue weighted by atomic mass is 9.98. The Hall–Kier alpha value is -7.62. The van der Waals surface area contributed by atoms with Gasteiger partial charge in [-0.25, -0.2) is 0 Å². The average molecular weight is 729 g/mol. The molecule has 0 aliphatic rings. The van der Waals surface area contributed by atoms with Crippen LogP contribution in [0.5, 0.6) is 0 Å². The van der Waals surface area contributed by atoms with E-state index >= 15 is 0 Å². The van der Waals surface area contributed by atoms with Crippen molar-refractivity contribution >= 4 is 60.8 Å². The predicted molar refractivity (Wildman–Crippen MR) is 239 cm³/mol. The molecule has 0 saturated carbocycles. The minimum atomic E-state index is 0.851. The van der Waals surface area contributed by atoms with E-state index in [0.29, 0.717) is 0 Å². The molecule has 0 saturated heterocycles. The van der Waals surface area contributed by atoms with Gasteiger partial charge in [0.2, 0.25) is 0 Å². The van der Waals surface area contributed by atoms with Crippen molar-refractivity contribution in [1.29, 1.82) is 0 Å². The molecule has 0 bridgehead atoms. The first-order valence-electron chi connectivity index (χ1n) is 19.4. The number of rotatable bonds is 7. The molecule has 57 heavy (non-hydrogen) atoms. The van der Waals surface area contributed by atoms with Gasteiger partial charge in [0.1, 0.15) is 5.58 Å². The molecule has 0 fully saturated rings. The number of fused-ring (bicyclic) bond motifs is 6. The van der Waals surface area contributed by atoms with E-state index < -0.39 is 0 Å². The van der Waals surface area contributed by atoms with Crippen LogP contribution in [-0.4, -0.2) is 4.57 Å². The smallest absolute Gasteiger partial charge is 0.159 e. The fourth-order valence-electron chi connectivity index (χ4n) is 8.66. The van der Waals surface area contributed by atoms with Gasteiger partial charge in [0.05, 0.1) is 33.8 Å². The summed E-state index contributed by atoms with van der Waals surface area (Å²) in [6.07, 6.45) is 0. The molecule has 3 heteroatoms. The van der Waals surface area contributed by atoms with Crippen molar-refractivity contribution in [3.63, 3.8) is 0 Å². The van der Waals surface area contributed by atoms with Crippen LogP contribution in [0.4, 0.5) is 17.1 Å². The Balaban J connectivity index is 1.25. The molecule has 0 aliphatic carbocycles. The minimum Gasteiger partial charge on any atom is -0.454 e. The van der Waals surface area contributed by atoms with Crippen molar-refractivity contribution < 1.29 is 4.42 Å². The zero-order valence-corrected chi connectivity index (χ0v) is 31.1. The second-order valence-electron chi connectivity index (χ2n) is 14.5. The molecule has 0 unspecified atom stereocenters. The van der Waals surface area contributed by atoms with Crippen molar-refractivity contribution in [3.8, 4) is 39.1 Å². The highest BCUT2D eigenvalue weighted by Gasteiger charge is 2.26. The third-order valence-corrected chi connectivity index (χ3v) is 11.2. The minimum absolute atomic E-state index is 0.851. The Morgan fingerprint density at radius 3 is 1.70 bits per heavy atom. The van der Waals surface area contributed by atoms with E-state index in [2.05, 4.69) is 222 Å². The standard InChI is InChI=1S/C54H36N2O/c1-4-18-37(19-5-1)40-34-35-42(39-22-8-3-9-23-39)51(36-40)56-47-29-14-11-26-45(47)53-48(30-17-31-49(53)56)55(46-28-13-10-24-41(46)38-20-6-2-7-21-38)50-32-16-27-44-43-25-12-15-33-52(43)57-54(44)50/h1-36H. The SMILES string of the molecule is c1ccc(-c2ccc(-c3ccccc3)c(-n3c4ccccc4c4c(N(c5ccccc5-c5ccccc5)c5cccc6c5oc5ccccc56)cccc43)c2)cc1. The Morgan fingerprint density at radius 1 is 0.351 bits per heavy atom. The van der Waals surface area contributed by atoms with Crippen LogP contribution in [0.15, 0.2) is 223 Å². The molecule has 2 aromatic heterocycles. The maximum Gasteiger partial charge on any atom is 0.159 e. The molecule has 0 aliphatic heterocycles. The van der Waals surface area contributed by atoms with Gasteiger partial charge in [-0.15, -0.1) is 0 Å². The van der Waals surface area contributed by atoms with Gasteiger partial charge in [0.15, 0.2) is 5.58 Å². The molecule has 0 N–H and O–H groups in total. The largest absolute Gasteiger partial charge is 0.454 e. The first-order valence-corrected chi connectivity index (χ1v) is 19.4. The van der Waals surface area contributed by atoms with E-state index in [-0.39, 0.29) is 0 Å². The van der Waals surface area contributed by atoms with Crippen LogP contribution in [0, 0.1) is 0 Å². The van der Waals surface area contributed by atoms with Crippen LogP contribution < -0.4 is 4.90 Å². The zero-order chi connectivity index (χ0) is 37.7. The Morgan fingerprint density at radius 2 is 0.912 bits per heavy atom. The van der Waals surface area contributed by atoms with Gasteiger partial charge < -0.3 is 13.9 Å². The summed E-state index contributed by atoms with van der Waals surface area (Å²) in [5.41, 5.74) is 15.2. The van der Waals surface area contributed by atoms with Crippen LogP contribution in [-0.2, 0) is 0 Å². The number of hydrogen-bond acceptors (Lipinski definition) is 2. The highest BCUT2D eigenvalue weighted by molar-refractivity contribution is 6.19. The average Bonchev–Trinajstić information content (AvgIpc) is 3.84. The van der Waals surface area contributed by atoms with Crippen molar-refractivity contribution in [1.82, 2.24) is 4.57 Å². The van der Waals surface area contributed by atoms with Gasteiger partial charge in [0, 0.05) is 32.7 Å². The van der Waals surface area contributed by atoms with Crippen LogP contribution in [0.1, 0.15) is 0 Å². The zero-order valence-electron chi connectivity index (χ0n) is 31.1. The van der Waals surface area contributed by atoms with Gasteiger partial charge in [-0.1, -0.05) is 176 Å². The van der Waals surface area contributed by atoms with Crippen molar-refractivity contribution in [3.05, 3.63) is 218 Å². The van der Waals surface area contributed by atoms with Gasteiger partial charge in [0.25, 0.3) is 0 Å². The number of benzene rings is 9. The number of anilines is 3. The van der Waals surface area contributed by atoms with E-state index in [1.165, 1.54) is 27.6 Å². The van der Waals surface area contributed by atoms with E-state index in [4.69, 9.17) is 4.42 Å². The van der Waals surface area contributed by atoms with Crippen LogP contribution >= 0.6 is 0 Å². The maximum absolute atomic E-state index is 6.80. The molecule has 2 heterocycles. The summed E-state index contributed by atoms with van der Waals surface area (Å²) in [6.45, 7) is 0. The first-order chi connectivity index (χ1) is 28.3. The van der Waals surface area contributed by atoms with Crippen molar-refractivity contribution in [2.24, 2.45) is 0 Å². The Kier molecular flexibility index (Phi) is 7.82. The number of para-hydroxylation sites is 4. The molecule has 0 radical (unpaired) electrons. The van der Waals surface area contributed by atoms with Crippen LogP contribution in [0.3, 0.4) is 0 Å². The van der Waals surface area contributed by atoms with Crippen LogP contribution in [0.2, 0.25) is 0 Å². The number of aromatic nitrogens is 1. The van der Waals surface area contributed by atoms with Crippen LogP contribution in [0.25, 0.3) is 82.8 Å². The first kappa shape index (κ1) is 32.8. The highest BCUT2D eigenvalue weighted by atomic mass is 16.3. The summed E-state index contributed by atoms with van der Waals surface area (Å²) in [6, 6.07) is 78.1. The monoisotopic (exact) mass is 728 g/mol. The highest BCUT2D eigenvalue weighted by Crippen LogP contribution is 2.49. The van der Waals surface area contributed by atoms with E-state index in [0.717, 1.165) is 72.2 Å². The molecule has 0 atom stereocenters. The summed E-state index contributed by atoms with van der Waals surface area (Å²) >= 11 is 0. The van der Waals surface area contributed by atoms with E-state index in [1.807, 2.05) is 6.07 Å². The number of nitrogens with zero attached hydrogens (tertiary/aromatic N) is 2. The van der Waals surface area contributed by atoms with Gasteiger partial charge in [-0.2, -0.15) is 0 Å². The quantitative estimate of drug-likeness (QED) is 0.163. The van der Waals surface area contributed by atoms with E-state index in [9.17, 15) is 0 Å². The van der Waals surface area contributed by atoms with Crippen molar-refractivity contribution in [2.75, 3.05) is 4.90 Å². The predicted octanol–water partition coefficient (Wildman–Crippen LogP) is 15.2. The molecule has 268 valence electrons.